The third-order valence-electron chi connectivity index (χ3n) is 2.40. The third-order valence-corrected chi connectivity index (χ3v) is 3.30. The van der Waals surface area contributed by atoms with Crippen LogP contribution >= 0.6 is 27.5 Å². The van der Waals surface area contributed by atoms with Crippen molar-refractivity contribution < 1.29 is 9.72 Å². The molecule has 1 heterocycles. The number of benzene rings is 1. The summed E-state index contributed by atoms with van der Waals surface area (Å²) in [7, 11) is 0. The first-order valence-electron chi connectivity index (χ1n) is 5.34. The number of nitrogens with one attached hydrogen (secondary N) is 1. The highest BCUT2D eigenvalue weighted by atomic mass is 79.9. The summed E-state index contributed by atoms with van der Waals surface area (Å²) in [5, 5.41) is 13.5. The predicted octanol–water partition coefficient (Wildman–Crippen LogP) is 3.66. The molecule has 1 N–H and O–H groups in total. The zero-order chi connectivity index (χ0) is 14.7. The van der Waals surface area contributed by atoms with Crippen molar-refractivity contribution in [3.8, 4) is 0 Å². The second-order valence-corrected chi connectivity index (χ2v) is 4.98. The Morgan fingerprint density at radius 1 is 1.35 bits per heavy atom. The normalized spacial score (nSPS) is 10.1. The van der Waals surface area contributed by atoms with Crippen LogP contribution in [0.1, 0.15) is 10.4 Å². The molecule has 0 fully saturated rings. The van der Waals surface area contributed by atoms with E-state index in [1.165, 1.54) is 36.5 Å². The fraction of sp³-hybridized carbons (Fsp3) is 0. The van der Waals surface area contributed by atoms with E-state index in [-0.39, 0.29) is 10.8 Å². The quantitative estimate of drug-likeness (QED) is 0.516. The summed E-state index contributed by atoms with van der Waals surface area (Å²) in [6, 6.07) is 7.00. The van der Waals surface area contributed by atoms with Crippen molar-refractivity contribution in [2.75, 3.05) is 5.32 Å². The SMILES string of the molecule is O=C(Nc1cc([N+](=O)[O-])ccc1Br)c1ccnc(Cl)c1. The highest BCUT2D eigenvalue weighted by molar-refractivity contribution is 9.10. The van der Waals surface area contributed by atoms with Crippen LogP contribution in [-0.2, 0) is 0 Å². The number of rotatable bonds is 3. The van der Waals surface area contributed by atoms with Gasteiger partial charge in [-0.05, 0) is 34.1 Å². The second-order valence-electron chi connectivity index (χ2n) is 3.74. The van der Waals surface area contributed by atoms with Gasteiger partial charge in [-0.15, -0.1) is 0 Å². The van der Waals surface area contributed by atoms with Gasteiger partial charge in [0.15, 0.2) is 0 Å². The molecule has 6 nitrogen and oxygen atoms in total. The number of pyridine rings is 1. The van der Waals surface area contributed by atoms with Gasteiger partial charge in [-0.1, -0.05) is 11.6 Å². The Balaban J connectivity index is 2.27. The maximum atomic E-state index is 12.0. The van der Waals surface area contributed by atoms with Gasteiger partial charge in [-0.2, -0.15) is 0 Å². The van der Waals surface area contributed by atoms with Crippen molar-refractivity contribution in [1.82, 2.24) is 4.98 Å². The van der Waals surface area contributed by atoms with E-state index in [1.807, 2.05) is 0 Å². The Hall–Kier alpha value is -1.99. The minimum absolute atomic E-state index is 0.115. The van der Waals surface area contributed by atoms with Gasteiger partial charge >= 0.3 is 0 Å². The Morgan fingerprint density at radius 3 is 2.75 bits per heavy atom. The number of nitrogens with zero attached hydrogens (tertiary/aromatic N) is 2. The number of carbonyl (C=O) groups is 1. The van der Waals surface area contributed by atoms with Crippen molar-refractivity contribution in [3.63, 3.8) is 0 Å². The molecular formula is C12H7BrClN3O3. The summed E-state index contributed by atoms with van der Waals surface area (Å²) in [4.78, 5) is 26.0. The van der Waals surface area contributed by atoms with Crippen LogP contribution in [0.4, 0.5) is 11.4 Å². The highest BCUT2D eigenvalue weighted by Crippen LogP contribution is 2.27. The van der Waals surface area contributed by atoms with E-state index >= 15 is 0 Å². The van der Waals surface area contributed by atoms with Crippen LogP contribution < -0.4 is 5.32 Å². The summed E-state index contributed by atoms with van der Waals surface area (Å²) < 4.78 is 0.539. The number of aromatic nitrogens is 1. The molecule has 1 amide bonds. The zero-order valence-electron chi connectivity index (χ0n) is 9.84. The fourth-order valence-electron chi connectivity index (χ4n) is 1.46. The number of hydrogen-bond acceptors (Lipinski definition) is 4. The van der Waals surface area contributed by atoms with Crippen molar-refractivity contribution in [3.05, 3.63) is 61.8 Å². The minimum Gasteiger partial charge on any atom is -0.321 e. The van der Waals surface area contributed by atoms with Gasteiger partial charge in [-0.3, -0.25) is 14.9 Å². The number of hydrogen-bond donors (Lipinski definition) is 1. The van der Waals surface area contributed by atoms with E-state index in [0.29, 0.717) is 15.7 Å². The third kappa shape index (κ3) is 3.31. The van der Waals surface area contributed by atoms with Gasteiger partial charge in [0.25, 0.3) is 11.6 Å². The van der Waals surface area contributed by atoms with Crippen LogP contribution in [0.5, 0.6) is 0 Å². The average Bonchev–Trinajstić information content (AvgIpc) is 2.41. The van der Waals surface area contributed by atoms with Gasteiger partial charge in [-0.25, -0.2) is 4.98 Å². The van der Waals surface area contributed by atoms with E-state index in [1.54, 1.807) is 0 Å². The van der Waals surface area contributed by atoms with Crippen molar-refractivity contribution in [1.29, 1.82) is 0 Å². The molecule has 0 spiro atoms. The molecule has 0 atom stereocenters. The molecule has 1 aromatic heterocycles. The molecule has 20 heavy (non-hydrogen) atoms. The Labute approximate surface area is 127 Å². The molecule has 0 unspecified atom stereocenters. The van der Waals surface area contributed by atoms with Crippen molar-refractivity contribution >= 4 is 44.8 Å². The number of carbonyl (C=O) groups excluding carboxylic acids is 1. The summed E-state index contributed by atoms with van der Waals surface area (Å²) in [5.41, 5.74) is 0.497. The van der Waals surface area contributed by atoms with Crippen LogP contribution in [0, 0.1) is 10.1 Å². The smallest absolute Gasteiger partial charge is 0.271 e. The number of non-ortho nitro benzene ring substituents is 1. The summed E-state index contributed by atoms with van der Waals surface area (Å²) in [6.45, 7) is 0. The standard InChI is InChI=1S/C12H7BrClN3O3/c13-9-2-1-8(17(19)20)6-10(9)16-12(18)7-3-4-15-11(14)5-7/h1-6H,(H,16,18). The fourth-order valence-corrected chi connectivity index (χ4v) is 1.98. The first-order chi connectivity index (χ1) is 9.47. The monoisotopic (exact) mass is 355 g/mol. The van der Waals surface area contributed by atoms with Crippen LogP contribution in [0.3, 0.4) is 0 Å². The molecule has 102 valence electrons. The van der Waals surface area contributed by atoms with Crippen LogP contribution in [0.25, 0.3) is 0 Å². The first kappa shape index (κ1) is 14.4. The number of nitro benzene ring substituents is 1. The maximum absolute atomic E-state index is 12.0. The lowest BCUT2D eigenvalue weighted by atomic mass is 10.2. The van der Waals surface area contributed by atoms with Gasteiger partial charge in [0.2, 0.25) is 0 Å². The molecule has 0 bridgehead atoms. The molecular weight excluding hydrogens is 350 g/mol. The summed E-state index contributed by atoms with van der Waals surface area (Å²) in [6.07, 6.45) is 1.40. The molecule has 2 aromatic rings. The molecule has 0 aliphatic heterocycles. The molecule has 2 rings (SSSR count). The Morgan fingerprint density at radius 2 is 2.10 bits per heavy atom. The Kier molecular flexibility index (Phi) is 4.31. The van der Waals surface area contributed by atoms with Gasteiger partial charge in [0.1, 0.15) is 5.15 Å². The lowest BCUT2D eigenvalue weighted by Gasteiger charge is -2.07. The molecule has 0 aliphatic rings. The topological polar surface area (TPSA) is 85.1 Å². The Bertz CT molecular complexity index is 693. The molecule has 0 radical (unpaired) electrons. The molecule has 0 saturated carbocycles. The second kappa shape index (κ2) is 5.98. The lowest BCUT2D eigenvalue weighted by Crippen LogP contribution is -2.12. The van der Waals surface area contributed by atoms with Crippen LogP contribution in [0.2, 0.25) is 5.15 Å². The van der Waals surface area contributed by atoms with E-state index in [4.69, 9.17) is 11.6 Å². The predicted molar refractivity (Wildman–Crippen MR) is 78.0 cm³/mol. The van der Waals surface area contributed by atoms with Gasteiger partial charge < -0.3 is 5.32 Å². The van der Waals surface area contributed by atoms with Crippen LogP contribution in [0.15, 0.2) is 41.0 Å². The minimum atomic E-state index is -0.536. The molecule has 0 saturated heterocycles. The van der Waals surface area contributed by atoms with Gasteiger partial charge in [0, 0.05) is 28.4 Å². The number of anilines is 1. The molecule has 8 heteroatoms. The highest BCUT2D eigenvalue weighted by Gasteiger charge is 2.13. The summed E-state index contributed by atoms with van der Waals surface area (Å²) in [5.74, 6) is -0.435. The van der Waals surface area contributed by atoms with Gasteiger partial charge in [0.05, 0.1) is 10.6 Å². The number of halogens is 2. The zero-order valence-corrected chi connectivity index (χ0v) is 12.2. The van der Waals surface area contributed by atoms with E-state index in [9.17, 15) is 14.9 Å². The lowest BCUT2D eigenvalue weighted by molar-refractivity contribution is -0.384. The van der Waals surface area contributed by atoms with Crippen LogP contribution in [-0.4, -0.2) is 15.8 Å². The first-order valence-corrected chi connectivity index (χ1v) is 6.51. The average molecular weight is 357 g/mol. The largest absolute Gasteiger partial charge is 0.321 e. The van der Waals surface area contributed by atoms with E-state index in [2.05, 4.69) is 26.2 Å². The van der Waals surface area contributed by atoms with E-state index < -0.39 is 10.8 Å². The molecule has 0 aliphatic carbocycles. The maximum Gasteiger partial charge on any atom is 0.271 e. The molecule has 1 aromatic carbocycles. The number of amides is 1. The number of nitro groups is 1. The van der Waals surface area contributed by atoms with E-state index in [0.717, 1.165) is 0 Å². The summed E-state index contributed by atoms with van der Waals surface area (Å²) >= 11 is 8.92. The van der Waals surface area contributed by atoms with Crippen molar-refractivity contribution in [2.45, 2.75) is 0 Å². The van der Waals surface area contributed by atoms with Crippen molar-refractivity contribution in [2.24, 2.45) is 0 Å².